The molecule has 42 heavy (non-hydrogen) atoms. The molecule has 10 heteroatoms. The lowest BCUT2D eigenvalue weighted by atomic mass is 9.86. The Labute approximate surface area is 244 Å². The largest absolute Gasteiger partial charge is 0.353 e. The molecule has 2 saturated heterocycles. The predicted octanol–water partition coefficient (Wildman–Crippen LogP) is 4.36. The van der Waals surface area contributed by atoms with Gasteiger partial charge in [-0.15, -0.1) is 0 Å². The predicted molar refractivity (Wildman–Crippen MR) is 161 cm³/mol. The molecule has 1 aliphatic carbocycles. The molecule has 2 fully saturated rings. The van der Waals surface area contributed by atoms with Crippen molar-refractivity contribution in [2.75, 3.05) is 44.2 Å². The van der Waals surface area contributed by atoms with Crippen LogP contribution in [-0.4, -0.2) is 79.5 Å². The van der Waals surface area contributed by atoms with Gasteiger partial charge in [0, 0.05) is 87.2 Å². The van der Waals surface area contributed by atoms with E-state index in [0.29, 0.717) is 30.5 Å². The number of allylic oxidation sites excluding steroid dienone is 4. The van der Waals surface area contributed by atoms with E-state index < -0.39 is 0 Å². The number of nitrogens with zero attached hydrogens (tertiary/aromatic N) is 9. The molecule has 2 aliphatic heterocycles. The lowest BCUT2D eigenvalue weighted by Gasteiger charge is -2.37. The quantitative estimate of drug-likeness (QED) is 0.368. The fourth-order valence-electron chi connectivity index (χ4n) is 6.47. The third-order valence-corrected chi connectivity index (χ3v) is 8.82. The molecule has 3 aliphatic rings. The number of pyridine rings is 2. The molecule has 2 amide bonds. The first-order valence-corrected chi connectivity index (χ1v) is 14.6. The maximum atomic E-state index is 13.3. The summed E-state index contributed by atoms with van der Waals surface area (Å²) < 4.78 is 3.52. The van der Waals surface area contributed by atoms with Crippen LogP contribution in [0.4, 0.5) is 10.6 Å². The highest BCUT2D eigenvalue weighted by Gasteiger charge is 2.34. The monoisotopic (exact) mass is 559 g/mol. The second-order valence-corrected chi connectivity index (χ2v) is 11.4. The van der Waals surface area contributed by atoms with Crippen molar-refractivity contribution >= 4 is 17.4 Å². The van der Waals surface area contributed by atoms with Gasteiger partial charge >= 0.3 is 6.03 Å². The highest BCUT2D eigenvalue weighted by Crippen LogP contribution is 2.33. The molecule has 0 spiro atoms. The maximum absolute atomic E-state index is 13.3. The molecule has 1 unspecified atom stereocenters. The molecular formula is C32H33N9O. The molecule has 0 aromatic carbocycles. The summed E-state index contributed by atoms with van der Waals surface area (Å²) in [7, 11) is 1.89. The Balaban J connectivity index is 1.04. The second-order valence-electron chi connectivity index (χ2n) is 11.4. The first-order valence-electron chi connectivity index (χ1n) is 14.6. The van der Waals surface area contributed by atoms with Gasteiger partial charge in [0.1, 0.15) is 11.9 Å². The number of hydrogen-bond acceptors (Lipinski definition) is 6. The molecule has 0 radical (unpaired) electrons. The Hall–Kier alpha value is -4.91. The number of aromatic nitrogens is 5. The average Bonchev–Trinajstić information content (AvgIpc) is 3.81. The molecule has 212 valence electrons. The van der Waals surface area contributed by atoms with Crippen molar-refractivity contribution in [1.29, 1.82) is 5.26 Å². The molecular weight excluding hydrogens is 526 g/mol. The second kappa shape index (κ2) is 10.8. The van der Waals surface area contributed by atoms with Crippen molar-refractivity contribution in [1.82, 2.24) is 34.2 Å². The van der Waals surface area contributed by atoms with Crippen LogP contribution >= 0.6 is 0 Å². The van der Waals surface area contributed by atoms with Crippen LogP contribution in [0.25, 0.3) is 27.8 Å². The van der Waals surface area contributed by atoms with Crippen LogP contribution in [0.3, 0.4) is 0 Å². The molecule has 2 atom stereocenters. The van der Waals surface area contributed by atoms with Crippen molar-refractivity contribution in [3.05, 3.63) is 79.1 Å². The Morgan fingerprint density at radius 1 is 0.952 bits per heavy atom. The number of nitriles is 1. The summed E-state index contributed by atoms with van der Waals surface area (Å²) in [5.74, 6) is 1.99. The van der Waals surface area contributed by atoms with Gasteiger partial charge in [-0.25, -0.2) is 14.3 Å². The number of urea groups is 1. The van der Waals surface area contributed by atoms with Crippen LogP contribution < -0.4 is 4.90 Å². The number of carbonyl (C=O) groups excluding carboxylic acids is 1. The normalized spacial score (nSPS) is 20.4. The fraction of sp³-hybridized carbons (Fsp3) is 0.344. The van der Waals surface area contributed by atoms with Gasteiger partial charge in [-0.2, -0.15) is 15.5 Å². The number of piperazine rings is 1. The van der Waals surface area contributed by atoms with Gasteiger partial charge in [-0.05, 0) is 42.9 Å². The van der Waals surface area contributed by atoms with Gasteiger partial charge in [0.25, 0.3) is 0 Å². The van der Waals surface area contributed by atoms with Crippen molar-refractivity contribution < 1.29 is 4.79 Å². The van der Waals surface area contributed by atoms with E-state index in [0.717, 1.165) is 72.6 Å². The molecule has 4 aromatic heterocycles. The first kappa shape index (κ1) is 26.0. The zero-order valence-corrected chi connectivity index (χ0v) is 23.7. The molecule has 6 heterocycles. The van der Waals surface area contributed by atoms with Gasteiger partial charge in [0.05, 0.1) is 23.5 Å². The van der Waals surface area contributed by atoms with Crippen molar-refractivity contribution in [3.8, 4) is 28.3 Å². The minimum absolute atomic E-state index is 0.169. The molecule has 0 saturated carbocycles. The number of anilines is 1. The van der Waals surface area contributed by atoms with Crippen molar-refractivity contribution in [2.45, 2.75) is 12.8 Å². The number of hydrogen-bond donors (Lipinski definition) is 0. The summed E-state index contributed by atoms with van der Waals surface area (Å²) in [5, 5.41) is 18.5. The SMILES string of the molecule is Cn1cc(-c2cc(-c3ccc(N4CCN(C(=O)N5CC[C@H](C6C=CC=CC6)C5)CC4)nc3)c3c(C#N)cnn3c2)cn1. The fourth-order valence-corrected chi connectivity index (χ4v) is 6.47. The third-order valence-electron chi connectivity index (χ3n) is 8.82. The summed E-state index contributed by atoms with van der Waals surface area (Å²) in [5.41, 5.74) is 5.00. The number of likely N-dealkylation sites (tertiary alicyclic amines) is 1. The zero-order chi connectivity index (χ0) is 28.6. The summed E-state index contributed by atoms with van der Waals surface area (Å²) in [6, 6.07) is 8.59. The van der Waals surface area contributed by atoms with Crippen LogP contribution in [0.15, 0.2) is 73.5 Å². The maximum Gasteiger partial charge on any atom is 0.320 e. The van der Waals surface area contributed by atoms with E-state index in [1.807, 2.05) is 47.7 Å². The molecule has 0 bridgehead atoms. The van der Waals surface area contributed by atoms with Gasteiger partial charge in [-0.1, -0.05) is 24.3 Å². The molecule has 7 rings (SSSR count). The highest BCUT2D eigenvalue weighted by molar-refractivity contribution is 5.87. The first-order chi connectivity index (χ1) is 20.6. The number of rotatable bonds is 4. The average molecular weight is 560 g/mol. The number of fused-ring (bicyclic) bond motifs is 1. The number of carbonyl (C=O) groups is 1. The summed E-state index contributed by atoms with van der Waals surface area (Å²) >= 11 is 0. The Morgan fingerprint density at radius 3 is 2.55 bits per heavy atom. The Bertz CT molecular complexity index is 1720. The van der Waals surface area contributed by atoms with Crippen LogP contribution in [0.2, 0.25) is 0 Å². The number of aryl methyl sites for hydroxylation is 1. The Morgan fingerprint density at radius 2 is 1.83 bits per heavy atom. The van der Waals surface area contributed by atoms with E-state index in [9.17, 15) is 10.1 Å². The van der Waals surface area contributed by atoms with Crippen LogP contribution in [0.1, 0.15) is 18.4 Å². The zero-order valence-electron chi connectivity index (χ0n) is 23.7. The van der Waals surface area contributed by atoms with Crippen LogP contribution in [0.5, 0.6) is 0 Å². The summed E-state index contributed by atoms with van der Waals surface area (Å²) in [6.45, 7) is 4.56. The molecule has 4 aromatic rings. The third kappa shape index (κ3) is 4.81. The van der Waals surface area contributed by atoms with E-state index in [1.165, 1.54) is 0 Å². The highest BCUT2D eigenvalue weighted by atomic mass is 16.2. The minimum atomic E-state index is 0.169. The lowest BCUT2D eigenvalue weighted by Crippen LogP contribution is -2.52. The summed E-state index contributed by atoms with van der Waals surface area (Å²) in [4.78, 5) is 24.4. The van der Waals surface area contributed by atoms with E-state index >= 15 is 0 Å². The van der Waals surface area contributed by atoms with Crippen molar-refractivity contribution in [3.63, 3.8) is 0 Å². The van der Waals surface area contributed by atoms with E-state index in [1.54, 1.807) is 15.4 Å². The van der Waals surface area contributed by atoms with E-state index in [-0.39, 0.29) is 6.03 Å². The van der Waals surface area contributed by atoms with Gasteiger partial charge < -0.3 is 14.7 Å². The minimum Gasteiger partial charge on any atom is -0.353 e. The van der Waals surface area contributed by atoms with Crippen molar-refractivity contribution in [2.24, 2.45) is 18.9 Å². The van der Waals surface area contributed by atoms with E-state index in [4.69, 9.17) is 4.98 Å². The molecule has 10 nitrogen and oxygen atoms in total. The van der Waals surface area contributed by atoms with E-state index in [2.05, 4.69) is 57.6 Å². The lowest BCUT2D eigenvalue weighted by molar-refractivity contribution is 0.157. The smallest absolute Gasteiger partial charge is 0.320 e. The topological polar surface area (TPSA) is 98.6 Å². The molecule has 0 N–H and O–H groups in total. The van der Waals surface area contributed by atoms with Crippen LogP contribution in [0, 0.1) is 23.2 Å². The van der Waals surface area contributed by atoms with Gasteiger partial charge in [0.2, 0.25) is 0 Å². The van der Waals surface area contributed by atoms with Gasteiger partial charge in [-0.3, -0.25) is 4.68 Å². The summed E-state index contributed by atoms with van der Waals surface area (Å²) in [6.07, 6.45) is 20.1. The van der Waals surface area contributed by atoms with Crippen LogP contribution in [-0.2, 0) is 7.05 Å². The Kier molecular flexibility index (Phi) is 6.70. The van der Waals surface area contributed by atoms with Gasteiger partial charge in [0.15, 0.2) is 0 Å². The number of amides is 2. The standard InChI is InChI=1S/C32H33N9O/c1-37-20-28(19-35-37)26-15-29(31-27(16-33)18-36-41(31)22-26)24-7-8-30(34-17-24)38-11-13-39(14-12-38)32(42)40-10-9-25(21-40)23-5-3-2-4-6-23/h2-5,7-8,15,17-20,22-23,25H,6,9-14,21H2,1H3/t23?,25-/m0/s1.